The number of carboxylic acid groups (broad SMARTS) is 1. The third-order valence-corrected chi connectivity index (χ3v) is 6.21. The van der Waals surface area contributed by atoms with Crippen molar-refractivity contribution < 1.29 is 24.2 Å². The fourth-order valence-electron chi connectivity index (χ4n) is 3.43. The van der Waals surface area contributed by atoms with E-state index in [1.165, 1.54) is 11.8 Å². The van der Waals surface area contributed by atoms with Crippen LogP contribution in [0.25, 0.3) is 0 Å². The number of rotatable bonds is 4. The van der Waals surface area contributed by atoms with Crippen LogP contribution in [-0.2, 0) is 14.3 Å². The second-order valence-corrected chi connectivity index (χ2v) is 8.37. The summed E-state index contributed by atoms with van der Waals surface area (Å²) in [4.78, 5) is 27.0. The van der Waals surface area contributed by atoms with E-state index in [0.717, 1.165) is 12.8 Å². The van der Waals surface area contributed by atoms with Crippen molar-refractivity contribution in [2.24, 2.45) is 5.41 Å². The topological polar surface area (TPSA) is 76.1 Å². The molecule has 1 aromatic rings. The first-order chi connectivity index (χ1) is 12.5. The van der Waals surface area contributed by atoms with Crippen LogP contribution >= 0.6 is 11.8 Å². The zero-order chi connectivity index (χ0) is 18.6. The molecule has 1 atom stereocenters. The Balaban J connectivity index is 1.80. The van der Waals surface area contributed by atoms with E-state index in [4.69, 9.17) is 9.47 Å². The van der Waals surface area contributed by atoms with Gasteiger partial charge in [-0.25, -0.2) is 0 Å². The summed E-state index contributed by atoms with van der Waals surface area (Å²) >= 11 is 1.20. The zero-order valence-corrected chi connectivity index (χ0v) is 15.8. The minimum atomic E-state index is -0.887. The highest BCUT2D eigenvalue weighted by Crippen LogP contribution is 2.35. The first-order valence-electron chi connectivity index (χ1n) is 8.94. The summed E-state index contributed by atoms with van der Waals surface area (Å²) in [5.74, 6) is -0.941. The van der Waals surface area contributed by atoms with Gasteiger partial charge >= 0.3 is 5.97 Å². The van der Waals surface area contributed by atoms with E-state index in [1.807, 2.05) is 23.1 Å². The maximum atomic E-state index is 13.2. The summed E-state index contributed by atoms with van der Waals surface area (Å²) in [5.41, 5.74) is 0.524. The van der Waals surface area contributed by atoms with E-state index in [2.05, 4.69) is 0 Å². The predicted molar refractivity (Wildman–Crippen MR) is 98.6 cm³/mol. The molecule has 26 heavy (non-hydrogen) atoms. The number of carbonyl (C=O) groups is 2. The minimum absolute atomic E-state index is 0.0408. The number of carboxylic acids is 1. The summed E-state index contributed by atoms with van der Waals surface area (Å²) in [6, 6.07) is 7.25. The molecule has 1 amide bonds. The largest absolute Gasteiger partial charge is 0.480 e. The van der Waals surface area contributed by atoms with Gasteiger partial charge < -0.3 is 19.5 Å². The minimum Gasteiger partial charge on any atom is -0.480 e. The van der Waals surface area contributed by atoms with E-state index in [9.17, 15) is 14.7 Å². The van der Waals surface area contributed by atoms with Gasteiger partial charge in [0.2, 0.25) is 0 Å². The highest BCUT2D eigenvalue weighted by atomic mass is 32.2. The van der Waals surface area contributed by atoms with Crippen LogP contribution in [0.3, 0.4) is 0 Å². The highest BCUT2D eigenvalue weighted by molar-refractivity contribution is 8.00. The number of aliphatic carboxylic acids is 1. The van der Waals surface area contributed by atoms with Gasteiger partial charge in [0.05, 0.1) is 18.8 Å². The lowest BCUT2D eigenvalue weighted by atomic mass is 9.80. The average molecular weight is 379 g/mol. The monoisotopic (exact) mass is 379 g/mol. The van der Waals surface area contributed by atoms with E-state index >= 15 is 0 Å². The molecule has 0 radical (unpaired) electrons. The number of hydrogen-bond acceptors (Lipinski definition) is 5. The van der Waals surface area contributed by atoms with Crippen LogP contribution in [-0.4, -0.2) is 66.6 Å². The van der Waals surface area contributed by atoms with Crippen LogP contribution in [0, 0.1) is 5.41 Å². The lowest BCUT2D eigenvalue weighted by Gasteiger charge is -2.38. The molecule has 142 valence electrons. The molecule has 2 saturated heterocycles. The van der Waals surface area contributed by atoms with E-state index < -0.39 is 11.2 Å². The van der Waals surface area contributed by atoms with Gasteiger partial charge in [0.15, 0.2) is 0 Å². The van der Waals surface area contributed by atoms with Crippen molar-refractivity contribution in [3.05, 3.63) is 29.8 Å². The third kappa shape index (κ3) is 4.39. The van der Waals surface area contributed by atoms with E-state index in [1.54, 1.807) is 13.0 Å². The molecule has 1 spiro atoms. The van der Waals surface area contributed by atoms with Crippen LogP contribution in [0.15, 0.2) is 29.2 Å². The van der Waals surface area contributed by atoms with Crippen molar-refractivity contribution in [1.82, 2.24) is 4.90 Å². The highest BCUT2D eigenvalue weighted by Gasteiger charge is 2.38. The SMILES string of the molecule is CC(Sc1ccccc1C(=O)N1CCOCC2(CCOCC2)C1)C(=O)O. The molecule has 0 aliphatic carbocycles. The summed E-state index contributed by atoms with van der Waals surface area (Å²) in [5, 5.41) is 8.57. The quantitative estimate of drug-likeness (QED) is 0.810. The van der Waals surface area contributed by atoms with Crippen molar-refractivity contribution >= 4 is 23.6 Å². The first kappa shape index (κ1) is 19.2. The fraction of sp³-hybridized carbons (Fsp3) is 0.579. The molecule has 0 saturated carbocycles. The Morgan fingerprint density at radius 1 is 1.19 bits per heavy atom. The van der Waals surface area contributed by atoms with Crippen molar-refractivity contribution in [3.8, 4) is 0 Å². The number of amides is 1. The van der Waals surface area contributed by atoms with Gasteiger partial charge in [0, 0.05) is 36.6 Å². The average Bonchev–Trinajstić information content (AvgIpc) is 2.85. The van der Waals surface area contributed by atoms with Gasteiger partial charge in [-0.05, 0) is 31.9 Å². The molecule has 0 bridgehead atoms. The molecule has 6 nitrogen and oxygen atoms in total. The summed E-state index contributed by atoms with van der Waals surface area (Å²) in [7, 11) is 0. The number of thioether (sulfide) groups is 1. The summed E-state index contributed by atoms with van der Waals surface area (Å²) in [6.45, 7) is 5.42. The molecule has 2 heterocycles. The molecule has 2 fully saturated rings. The molecule has 1 aromatic carbocycles. The van der Waals surface area contributed by atoms with E-state index in [0.29, 0.717) is 50.0 Å². The second-order valence-electron chi connectivity index (χ2n) is 6.99. The Hall–Kier alpha value is -1.57. The van der Waals surface area contributed by atoms with Gasteiger partial charge in [-0.1, -0.05) is 12.1 Å². The fourth-order valence-corrected chi connectivity index (χ4v) is 4.35. The Morgan fingerprint density at radius 3 is 2.65 bits per heavy atom. The van der Waals surface area contributed by atoms with Crippen molar-refractivity contribution in [2.45, 2.75) is 29.9 Å². The molecule has 2 aliphatic heterocycles. The maximum Gasteiger partial charge on any atom is 0.316 e. The normalized spacial score (nSPS) is 21.2. The van der Waals surface area contributed by atoms with Gasteiger partial charge in [-0.2, -0.15) is 0 Å². The number of nitrogens with zero attached hydrogens (tertiary/aromatic N) is 1. The van der Waals surface area contributed by atoms with Crippen LogP contribution in [0.4, 0.5) is 0 Å². The van der Waals surface area contributed by atoms with Gasteiger partial charge in [0.25, 0.3) is 5.91 Å². The van der Waals surface area contributed by atoms with Gasteiger partial charge in [-0.15, -0.1) is 11.8 Å². The Labute approximate surface area is 157 Å². The van der Waals surface area contributed by atoms with Crippen molar-refractivity contribution in [1.29, 1.82) is 0 Å². The third-order valence-electron chi connectivity index (χ3n) is 5.05. The van der Waals surface area contributed by atoms with E-state index in [-0.39, 0.29) is 11.3 Å². The zero-order valence-electron chi connectivity index (χ0n) is 15.0. The number of carbonyl (C=O) groups excluding carboxylic acids is 1. The molecule has 2 aliphatic rings. The molecule has 1 unspecified atom stereocenters. The van der Waals surface area contributed by atoms with Crippen molar-refractivity contribution in [3.63, 3.8) is 0 Å². The second kappa shape index (κ2) is 8.41. The van der Waals surface area contributed by atoms with Crippen LogP contribution in [0.5, 0.6) is 0 Å². The van der Waals surface area contributed by atoms with Crippen LogP contribution < -0.4 is 0 Å². The first-order valence-corrected chi connectivity index (χ1v) is 9.82. The summed E-state index contributed by atoms with van der Waals surface area (Å²) in [6.07, 6.45) is 1.78. The number of benzene rings is 1. The molecule has 7 heteroatoms. The molecule has 1 N–H and O–H groups in total. The van der Waals surface area contributed by atoms with Crippen molar-refractivity contribution in [2.75, 3.05) is 39.5 Å². The predicted octanol–water partition coefficient (Wildman–Crippen LogP) is 2.52. The lowest BCUT2D eigenvalue weighted by Crippen LogP contribution is -2.44. The summed E-state index contributed by atoms with van der Waals surface area (Å²) < 4.78 is 11.3. The van der Waals surface area contributed by atoms with Crippen LogP contribution in [0.2, 0.25) is 0 Å². The number of ether oxygens (including phenoxy) is 2. The Morgan fingerprint density at radius 2 is 1.92 bits per heavy atom. The molecular weight excluding hydrogens is 354 g/mol. The lowest BCUT2D eigenvalue weighted by molar-refractivity contribution is -0.136. The molecular formula is C19H25NO5S. The van der Waals surface area contributed by atoms with Crippen LogP contribution in [0.1, 0.15) is 30.1 Å². The Bertz CT molecular complexity index is 659. The Kier molecular flexibility index (Phi) is 6.21. The molecule has 0 aromatic heterocycles. The smallest absolute Gasteiger partial charge is 0.316 e. The molecule has 3 rings (SSSR count). The van der Waals surface area contributed by atoms with Gasteiger partial charge in [-0.3, -0.25) is 9.59 Å². The van der Waals surface area contributed by atoms with Gasteiger partial charge in [0.1, 0.15) is 5.25 Å². The maximum absolute atomic E-state index is 13.2. The number of hydrogen-bond donors (Lipinski definition) is 1. The standard InChI is InChI=1S/C19H25NO5S/c1-14(18(22)23)26-16-5-3-2-4-15(16)17(21)20-8-11-25-13-19(12-20)6-9-24-10-7-19/h2-5,14H,6-13H2,1H3,(H,22,23).